The van der Waals surface area contributed by atoms with Gasteiger partial charge in [-0.3, -0.25) is 0 Å². The van der Waals surface area contributed by atoms with E-state index in [1.165, 1.54) is 18.2 Å². The van der Waals surface area contributed by atoms with Gasteiger partial charge in [0.1, 0.15) is 11.6 Å². The fraction of sp³-hybridized carbons (Fsp3) is 0.733. The molecule has 1 aliphatic carbocycles. The molecule has 0 atom stereocenters. The van der Waals surface area contributed by atoms with Crippen molar-refractivity contribution in [2.24, 2.45) is 0 Å². The number of anilines is 2. The second-order valence-electron chi connectivity index (χ2n) is 5.68. The van der Waals surface area contributed by atoms with Crippen LogP contribution in [0.1, 0.15) is 45.4 Å². The third kappa shape index (κ3) is 4.48. The van der Waals surface area contributed by atoms with E-state index in [2.05, 4.69) is 27.5 Å². The number of nitrogens with zero attached hydrogens (tertiary/aromatic N) is 2. The van der Waals surface area contributed by atoms with Gasteiger partial charge in [0.2, 0.25) is 0 Å². The lowest BCUT2D eigenvalue weighted by Gasteiger charge is -2.37. The molecule has 1 aliphatic rings. The van der Waals surface area contributed by atoms with Gasteiger partial charge in [0.25, 0.3) is 0 Å². The highest BCUT2D eigenvalue weighted by atomic mass is 32.2. The van der Waals surface area contributed by atoms with E-state index < -0.39 is 0 Å². The predicted octanol–water partition coefficient (Wildman–Crippen LogP) is 3.13. The molecular formula is C15H26N4OS. The summed E-state index contributed by atoms with van der Waals surface area (Å²) < 4.78 is 0. The van der Waals surface area contributed by atoms with Crippen molar-refractivity contribution in [3.63, 3.8) is 0 Å². The molecule has 2 rings (SSSR count). The monoisotopic (exact) mass is 310 g/mol. The summed E-state index contributed by atoms with van der Waals surface area (Å²) in [6, 6.07) is 1.95. The number of rotatable bonds is 7. The lowest BCUT2D eigenvalue weighted by molar-refractivity contribution is 0.172. The SMILES string of the molecule is CCCNc1cc(NC2(CO)CCCCC2)nc(SC)n1. The van der Waals surface area contributed by atoms with E-state index in [0.717, 1.165) is 55.4 Å². The highest BCUT2D eigenvalue weighted by Crippen LogP contribution is 2.31. The van der Waals surface area contributed by atoms with E-state index in [-0.39, 0.29) is 12.1 Å². The fourth-order valence-electron chi connectivity index (χ4n) is 2.75. The van der Waals surface area contributed by atoms with E-state index >= 15 is 0 Å². The average molecular weight is 310 g/mol. The molecule has 0 amide bonds. The molecule has 0 radical (unpaired) electrons. The molecule has 0 aromatic carbocycles. The van der Waals surface area contributed by atoms with Crippen LogP contribution in [0.25, 0.3) is 0 Å². The maximum absolute atomic E-state index is 9.81. The summed E-state index contributed by atoms with van der Waals surface area (Å²) >= 11 is 1.53. The molecule has 21 heavy (non-hydrogen) atoms. The Morgan fingerprint density at radius 3 is 2.57 bits per heavy atom. The van der Waals surface area contributed by atoms with Crippen molar-refractivity contribution in [2.45, 2.75) is 56.1 Å². The van der Waals surface area contributed by atoms with Gasteiger partial charge in [-0.1, -0.05) is 37.9 Å². The first-order valence-electron chi connectivity index (χ1n) is 7.77. The molecule has 0 saturated heterocycles. The number of aliphatic hydroxyl groups is 1. The summed E-state index contributed by atoms with van der Waals surface area (Å²) in [5.74, 6) is 1.66. The second-order valence-corrected chi connectivity index (χ2v) is 6.45. The minimum Gasteiger partial charge on any atom is -0.394 e. The van der Waals surface area contributed by atoms with Crippen LogP contribution in [0.3, 0.4) is 0 Å². The van der Waals surface area contributed by atoms with Gasteiger partial charge in [0.05, 0.1) is 12.1 Å². The zero-order valence-electron chi connectivity index (χ0n) is 13.0. The summed E-state index contributed by atoms with van der Waals surface area (Å²) in [4.78, 5) is 9.01. The van der Waals surface area contributed by atoms with E-state index in [9.17, 15) is 5.11 Å². The first-order chi connectivity index (χ1) is 10.2. The molecule has 1 fully saturated rings. The fourth-order valence-corrected chi connectivity index (χ4v) is 3.13. The lowest BCUT2D eigenvalue weighted by atomic mass is 9.82. The molecule has 6 heteroatoms. The quantitative estimate of drug-likeness (QED) is 0.531. The smallest absolute Gasteiger partial charge is 0.191 e. The molecule has 1 saturated carbocycles. The number of nitrogens with one attached hydrogen (secondary N) is 2. The van der Waals surface area contributed by atoms with E-state index in [1.54, 1.807) is 0 Å². The van der Waals surface area contributed by atoms with Crippen molar-refractivity contribution in [3.05, 3.63) is 6.07 Å². The van der Waals surface area contributed by atoms with Crippen LogP contribution in [0.2, 0.25) is 0 Å². The Hall–Kier alpha value is -1.01. The van der Waals surface area contributed by atoms with E-state index in [4.69, 9.17) is 0 Å². The summed E-state index contributed by atoms with van der Waals surface area (Å²) in [6.45, 7) is 3.18. The van der Waals surface area contributed by atoms with E-state index in [0.29, 0.717) is 0 Å². The summed E-state index contributed by atoms with van der Waals surface area (Å²) in [5, 5.41) is 17.4. The average Bonchev–Trinajstić information content (AvgIpc) is 2.53. The molecule has 0 bridgehead atoms. The van der Waals surface area contributed by atoms with Crippen LogP contribution in [0.15, 0.2) is 11.2 Å². The van der Waals surface area contributed by atoms with Crippen LogP contribution >= 0.6 is 11.8 Å². The van der Waals surface area contributed by atoms with Crippen molar-refractivity contribution in [3.8, 4) is 0 Å². The van der Waals surface area contributed by atoms with Gasteiger partial charge >= 0.3 is 0 Å². The number of hydrogen-bond acceptors (Lipinski definition) is 6. The van der Waals surface area contributed by atoms with Crippen LogP contribution in [0.5, 0.6) is 0 Å². The maximum Gasteiger partial charge on any atom is 0.191 e. The van der Waals surface area contributed by atoms with Gasteiger partial charge < -0.3 is 15.7 Å². The third-order valence-electron chi connectivity index (χ3n) is 3.95. The van der Waals surface area contributed by atoms with Gasteiger partial charge in [0.15, 0.2) is 5.16 Å². The Labute approximate surface area is 131 Å². The summed E-state index contributed by atoms with van der Waals surface area (Å²) in [7, 11) is 0. The molecular weight excluding hydrogens is 284 g/mol. The third-order valence-corrected chi connectivity index (χ3v) is 4.50. The van der Waals surface area contributed by atoms with Gasteiger partial charge in [-0.05, 0) is 25.5 Å². The van der Waals surface area contributed by atoms with Crippen LogP contribution in [-0.2, 0) is 0 Å². The predicted molar refractivity (Wildman–Crippen MR) is 89.1 cm³/mol. The molecule has 1 heterocycles. The standard InChI is InChI=1S/C15H26N4OS/c1-3-9-16-12-10-13(18-14(17-12)21-2)19-15(11-20)7-5-4-6-8-15/h10,20H,3-9,11H2,1-2H3,(H2,16,17,18,19). The Morgan fingerprint density at radius 1 is 1.24 bits per heavy atom. The zero-order valence-corrected chi connectivity index (χ0v) is 13.8. The van der Waals surface area contributed by atoms with Crippen molar-refractivity contribution < 1.29 is 5.11 Å². The van der Waals surface area contributed by atoms with Crippen LogP contribution in [0.4, 0.5) is 11.6 Å². The maximum atomic E-state index is 9.81. The molecule has 3 N–H and O–H groups in total. The lowest BCUT2D eigenvalue weighted by Crippen LogP contribution is -2.44. The van der Waals surface area contributed by atoms with Crippen molar-refractivity contribution >= 4 is 23.4 Å². The Bertz CT molecular complexity index is 449. The Kier molecular flexibility index (Phi) is 6.11. The molecule has 1 aromatic rings. The zero-order chi connectivity index (χ0) is 15.1. The molecule has 1 aromatic heterocycles. The first-order valence-corrected chi connectivity index (χ1v) is 9.00. The molecule has 0 spiro atoms. The Balaban J connectivity index is 2.16. The van der Waals surface area contributed by atoms with Gasteiger partial charge in [-0.25, -0.2) is 9.97 Å². The normalized spacial score (nSPS) is 17.5. The van der Waals surface area contributed by atoms with E-state index in [1.807, 2.05) is 12.3 Å². The molecule has 0 unspecified atom stereocenters. The number of thioether (sulfide) groups is 1. The first kappa shape index (κ1) is 16.4. The summed E-state index contributed by atoms with van der Waals surface area (Å²) in [6.07, 6.45) is 8.61. The van der Waals surface area contributed by atoms with Crippen molar-refractivity contribution in [1.29, 1.82) is 0 Å². The number of hydrogen-bond donors (Lipinski definition) is 3. The largest absolute Gasteiger partial charge is 0.394 e. The minimum atomic E-state index is -0.218. The van der Waals surface area contributed by atoms with Crippen molar-refractivity contribution in [2.75, 3.05) is 30.0 Å². The highest BCUT2D eigenvalue weighted by molar-refractivity contribution is 7.98. The molecule has 5 nitrogen and oxygen atoms in total. The molecule has 118 valence electrons. The highest BCUT2D eigenvalue weighted by Gasteiger charge is 2.31. The van der Waals surface area contributed by atoms with Gasteiger partial charge in [0, 0.05) is 12.6 Å². The number of aromatic nitrogens is 2. The van der Waals surface area contributed by atoms with Crippen molar-refractivity contribution in [1.82, 2.24) is 9.97 Å². The number of aliphatic hydroxyl groups excluding tert-OH is 1. The second kappa shape index (κ2) is 7.84. The van der Waals surface area contributed by atoms with Gasteiger partial charge in [-0.2, -0.15) is 0 Å². The minimum absolute atomic E-state index is 0.156. The van der Waals surface area contributed by atoms with Crippen LogP contribution in [-0.4, -0.2) is 40.0 Å². The summed E-state index contributed by atoms with van der Waals surface area (Å²) in [5.41, 5.74) is -0.218. The van der Waals surface area contributed by atoms with Crippen LogP contribution < -0.4 is 10.6 Å². The van der Waals surface area contributed by atoms with Gasteiger partial charge in [-0.15, -0.1) is 0 Å². The molecule has 0 aliphatic heterocycles. The Morgan fingerprint density at radius 2 is 1.95 bits per heavy atom. The van der Waals surface area contributed by atoms with Crippen LogP contribution in [0, 0.1) is 0 Å². The topological polar surface area (TPSA) is 70.1 Å².